The molecule has 1 unspecified atom stereocenters. The summed E-state index contributed by atoms with van der Waals surface area (Å²) in [4.78, 5) is 0. The molecule has 0 aliphatic carbocycles. The Bertz CT molecular complexity index is 646. The number of sulfonamides is 1. The van der Waals surface area contributed by atoms with Crippen molar-refractivity contribution in [2.75, 3.05) is 26.1 Å². The van der Waals surface area contributed by atoms with Gasteiger partial charge in [-0.25, -0.2) is 21.1 Å². The smallest absolute Gasteiger partial charge is 0.275 e. The van der Waals surface area contributed by atoms with Crippen LogP contribution in [-0.2, 0) is 26.4 Å². The first-order valence-corrected chi connectivity index (χ1v) is 9.45. The van der Waals surface area contributed by atoms with Gasteiger partial charge in [0.2, 0.25) is 5.09 Å². The van der Waals surface area contributed by atoms with Crippen molar-refractivity contribution >= 4 is 19.9 Å². The average Bonchev–Trinajstić information content (AvgIpc) is 2.72. The van der Waals surface area contributed by atoms with Crippen LogP contribution in [0.1, 0.15) is 12.7 Å². The highest BCUT2D eigenvalue weighted by atomic mass is 32.2. The molecule has 0 aliphatic rings. The summed E-state index contributed by atoms with van der Waals surface area (Å²) in [6, 6.07) is 2.69. The van der Waals surface area contributed by atoms with Crippen molar-refractivity contribution in [3.05, 3.63) is 17.9 Å². The quantitative estimate of drug-likeness (QED) is 0.761. The average molecular weight is 324 g/mol. The van der Waals surface area contributed by atoms with E-state index in [0.717, 1.165) is 4.31 Å². The van der Waals surface area contributed by atoms with Crippen LogP contribution in [0.25, 0.3) is 0 Å². The van der Waals surface area contributed by atoms with Gasteiger partial charge in [-0.15, -0.1) is 0 Å². The van der Waals surface area contributed by atoms with Gasteiger partial charge in [-0.05, 0) is 19.1 Å². The summed E-state index contributed by atoms with van der Waals surface area (Å²) >= 11 is 0. The van der Waals surface area contributed by atoms with Gasteiger partial charge in [-0.3, -0.25) is 0 Å². The maximum absolute atomic E-state index is 11.8. The summed E-state index contributed by atoms with van der Waals surface area (Å²) in [6.07, 6.45) is 1.17. The minimum atomic E-state index is -3.58. The third kappa shape index (κ3) is 4.89. The molecule has 1 aromatic heterocycles. The minimum Gasteiger partial charge on any atom is -0.447 e. The first-order chi connectivity index (χ1) is 9.02. The SMILES string of the molecule is CC(CS(C)(=O)=O)NCc1ccc(S(=O)(=O)N(C)C)o1. The summed E-state index contributed by atoms with van der Waals surface area (Å²) in [7, 11) is -3.79. The fourth-order valence-corrected chi connectivity index (χ4v) is 3.40. The Morgan fingerprint density at radius 2 is 1.85 bits per heavy atom. The fraction of sp³-hybridized carbons (Fsp3) is 0.636. The molecule has 0 fully saturated rings. The van der Waals surface area contributed by atoms with Crippen LogP contribution in [0.3, 0.4) is 0 Å². The molecule has 0 saturated heterocycles. The van der Waals surface area contributed by atoms with Crippen LogP contribution >= 0.6 is 0 Å². The van der Waals surface area contributed by atoms with Crippen molar-refractivity contribution in [3.8, 4) is 0 Å². The van der Waals surface area contributed by atoms with E-state index in [4.69, 9.17) is 4.42 Å². The first-order valence-electron chi connectivity index (χ1n) is 5.95. The fourth-order valence-electron chi connectivity index (χ4n) is 1.56. The molecule has 0 spiro atoms. The normalized spacial score (nSPS) is 14.7. The molecule has 0 aromatic carbocycles. The molecular weight excluding hydrogens is 304 g/mol. The highest BCUT2D eigenvalue weighted by molar-refractivity contribution is 7.90. The van der Waals surface area contributed by atoms with E-state index in [1.165, 1.54) is 26.4 Å². The molecule has 1 aromatic rings. The Morgan fingerprint density at radius 3 is 2.35 bits per heavy atom. The molecule has 0 aliphatic heterocycles. The zero-order chi connectivity index (χ0) is 15.6. The lowest BCUT2D eigenvalue weighted by Gasteiger charge is -2.11. The van der Waals surface area contributed by atoms with Gasteiger partial charge in [0.25, 0.3) is 10.0 Å². The van der Waals surface area contributed by atoms with Gasteiger partial charge in [-0.1, -0.05) is 0 Å². The zero-order valence-corrected chi connectivity index (χ0v) is 13.6. The van der Waals surface area contributed by atoms with E-state index in [0.29, 0.717) is 5.76 Å². The molecule has 0 saturated carbocycles. The molecule has 0 bridgehead atoms. The zero-order valence-electron chi connectivity index (χ0n) is 12.0. The number of nitrogens with one attached hydrogen (secondary N) is 1. The maximum atomic E-state index is 11.8. The van der Waals surface area contributed by atoms with E-state index in [1.807, 2.05) is 0 Å². The van der Waals surface area contributed by atoms with Crippen molar-refractivity contribution in [3.63, 3.8) is 0 Å². The van der Waals surface area contributed by atoms with E-state index >= 15 is 0 Å². The molecule has 0 radical (unpaired) electrons. The van der Waals surface area contributed by atoms with E-state index in [1.54, 1.807) is 13.0 Å². The molecular formula is C11H20N2O5S2. The van der Waals surface area contributed by atoms with Crippen LogP contribution in [0.2, 0.25) is 0 Å². The first kappa shape index (κ1) is 17.2. The Hall–Kier alpha value is -0.900. The number of nitrogens with zero attached hydrogens (tertiary/aromatic N) is 1. The van der Waals surface area contributed by atoms with Crippen LogP contribution in [0.5, 0.6) is 0 Å². The number of hydrogen-bond acceptors (Lipinski definition) is 6. The topological polar surface area (TPSA) is 96.7 Å². The summed E-state index contributed by atoms with van der Waals surface area (Å²) in [6.45, 7) is 2.00. The summed E-state index contributed by atoms with van der Waals surface area (Å²) < 4.78 is 52.2. The standard InChI is InChI=1S/C11H20N2O5S2/c1-9(8-19(4,14)15)12-7-10-5-6-11(18-10)20(16,17)13(2)3/h5-6,9,12H,7-8H2,1-4H3. The highest BCUT2D eigenvalue weighted by Gasteiger charge is 2.21. The van der Waals surface area contributed by atoms with Crippen LogP contribution in [0.15, 0.2) is 21.6 Å². The number of rotatable bonds is 7. The second-order valence-electron chi connectivity index (χ2n) is 4.88. The molecule has 20 heavy (non-hydrogen) atoms. The predicted octanol–water partition coefficient (Wildman–Crippen LogP) is 0.0526. The Kier molecular flexibility index (Phi) is 5.36. The van der Waals surface area contributed by atoms with Gasteiger partial charge < -0.3 is 9.73 Å². The van der Waals surface area contributed by atoms with Gasteiger partial charge in [-0.2, -0.15) is 0 Å². The molecule has 0 amide bonds. The second kappa shape index (κ2) is 6.25. The van der Waals surface area contributed by atoms with Crippen molar-refractivity contribution in [1.29, 1.82) is 0 Å². The minimum absolute atomic E-state index is 0.0105. The molecule has 9 heteroatoms. The summed E-state index contributed by atoms with van der Waals surface area (Å²) in [5, 5.41) is 2.84. The largest absolute Gasteiger partial charge is 0.447 e. The van der Waals surface area contributed by atoms with E-state index in [2.05, 4.69) is 5.32 Å². The summed E-state index contributed by atoms with van der Waals surface area (Å²) in [5.41, 5.74) is 0. The number of hydrogen-bond donors (Lipinski definition) is 1. The lowest BCUT2D eigenvalue weighted by atomic mass is 10.3. The van der Waals surface area contributed by atoms with Gasteiger partial charge in [0.1, 0.15) is 15.6 Å². The molecule has 1 N–H and O–H groups in total. The monoisotopic (exact) mass is 324 g/mol. The maximum Gasteiger partial charge on any atom is 0.275 e. The van der Waals surface area contributed by atoms with Crippen molar-refractivity contribution in [1.82, 2.24) is 9.62 Å². The highest BCUT2D eigenvalue weighted by Crippen LogP contribution is 2.16. The van der Waals surface area contributed by atoms with Crippen molar-refractivity contribution < 1.29 is 21.3 Å². The Balaban J connectivity index is 2.66. The third-order valence-corrected chi connectivity index (χ3v) is 5.34. The molecule has 7 nitrogen and oxygen atoms in total. The molecule has 1 atom stereocenters. The molecule has 1 rings (SSSR count). The Morgan fingerprint density at radius 1 is 1.25 bits per heavy atom. The summed E-state index contributed by atoms with van der Waals surface area (Å²) in [5.74, 6) is 0.446. The van der Waals surface area contributed by atoms with Gasteiger partial charge in [0.05, 0.1) is 12.3 Å². The number of sulfone groups is 1. The van der Waals surface area contributed by atoms with Gasteiger partial charge in [0, 0.05) is 26.4 Å². The van der Waals surface area contributed by atoms with Crippen LogP contribution in [0, 0.1) is 0 Å². The van der Waals surface area contributed by atoms with Crippen molar-refractivity contribution in [2.24, 2.45) is 0 Å². The number of furan rings is 1. The second-order valence-corrected chi connectivity index (χ2v) is 9.15. The third-order valence-electron chi connectivity index (χ3n) is 2.55. The lowest BCUT2D eigenvalue weighted by molar-refractivity contribution is 0.384. The van der Waals surface area contributed by atoms with Gasteiger partial charge >= 0.3 is 0 Å². The lowest BCUT2D eigenvalue weighted by Crippen LogP contribution is -2.32. The van der Waals surface area contributed by atoms with E-state index in [9.17, 15) is 16.8 Å². The van der Waals surface area contributed by atoms with E-state index in [-0.39, 0.29) is 23.4 Å². The van der Waals surface area contributed by atoms with E-state index < -0.39 is 19.9 Å². The molecule has 1 heterocycles. The van der Waals surface area contributed by atoms with Crippen LogP contribution < -0.4 is 5.32 Å². The van der Waals surface area contributed by atoms with Crippen LogP contribution in [-0.4, -0.2) is 53.3 Å². The van der Waals surface area contributed by atoms with Crippen LogP contribution in [0.4, 0.5) is 0 Å². The van der Waals surface area contributed by atoms with Crippen molar-refractivity contribution in [2.45, 2.75) is 24.6 Å². The Labute approximate surface area is 119 Å². The predicted molar refractivity (Wildman–Crippen MR) is 75.6 cm³/mol. The molecule has 116 valence electrons. The van der Waals surface area contributed by atoms with Gasteiger partial charge in [0.15, 0.2) is 0 Å².